The summed E-state index contributed by atoms with van der Waals surface area (Å²) in [6.45, 7) is 4.79. The van der Waals surface area contributed by atoms with Gasteiger partial charge in [0.1, 0.15) is 5.69 Å². The summed E-state index contributed by atoms with van der Waals surface area (Å²) in [7, 11) is 0. The van der Waals surface area contributed by atoms with Gasteiger partial charge in [-0.3, -0.25) is 10.1 Å². The maximum absolute atomic E-state index is 11.1. The minimum absolute atomic E-state index is 0.0705. The first-order valence-electron chi connectivity index (χ1n) is 4.82. The maximum Gasteiger partial charge on any atom is 0.334 e. The molecule has 1 N–H and O–H groups in total. The quantitative estimate of drug-likeness (QED) is 0.278. The molecule has 0 saturated carbocycles. The molecule has 17 heavy (non-hydrogen) atoms. The number of hydrogen-bond donors (Lipinski definition) is 1. The minimum Gasteiger partial charge on any atom is -0.441 e. The first-order chi connectivity index (χ1) is 8.02. The van der Waals surface area contributed by atoms with E-state index in [1.165, 1.54) is 19.1 Å². The third kappa shape index (κ3) is 3.60. The number of para-hydroxylation sites is 2. The number of hydrogen-bond acceptors (Lipinski definition) is 5. The lowest BCUT2D eigenvalue weighted by atomic mass is 10.3. The highest BCUT2D eigenvalue weighted by atomic mass is 16.6. The molecule has 0 aliphatic heterocycles. The summed E-state index contributed by atoms with van der Waals surface area (Å²) in [5.74, 6) is -0.545. The predicted octanol–water partition coefficient (Wildman–Crippen LogP) is 2.08. The van der Waals surface area contributed by atoms with Crippen LogP contribution in [0.4, 0.5) is 11.4 Å². The zero-order chi connectivity index (χ0) is 12.8. The summed E-state index contributed by atoms with van der Waals surface area (Å²) >= 11 is 0. The molecule has 1 rings (SSSR count). The topological polar surface area (TPSA) is 81.5 Å². The van der Waals surface area contributed by atoms with Crippen molar-refractivity contribution in [1.29, 1.82) is 0 Å². The fourth-order valence-electron chi connectivity index (χ4n) is 1.08. The molecule has 0 atom stereocenters. The van der Waals surface area contributed by atoms with Gasteiger partial charge in [-0.25, -0.2) is 4.79 Å². The number of nitro groups is 1. The Morgan fingerprint density at radius 1 is 1.53 bits per heavy atom. The highest BCUT2D eigenvalue weighted by Crippen LogP contribution is 2.22. The standard InChI is InChI=1S/C11H12N2O4/c1-8(2)11(14)17-7-12-9-5-3-4-6-10(9)13(15)16/h3-6,12H,1,7H2,2H3. The van der Waals surface area contributed by atoms with E-state index < -0.39 is 10.9 Å². The first-order valence-corrected chi connectivity index (χ1v) is 4.82. The number of carbonyl (C=O) groups is 1. The number of benzene rings is 1. The number of esters is 1. The van der Waals surface area contributed by atoms with E-state index in [9.17, 15) is 14.9 Å². The van der Waals surface area contributed by atoms with Gasteiger partial charge in [0, 0.05) is 11.6 Å². The molecule has 0 aliphatic carbocycles. The van der Waals surface area contributed by atoms with Crippen molar-refractivity contribution in [3.63, 3.8) is 0 Å². The molecular formula is C11H12N2O4. The van der Waals surface area contributed by atoms with E-state index in [4.69, 9.17) is 4.74 Å². The van der Waals surface area contributed by atoms with E-state index in [0.29, 0.717) is 5.69 Å². The Morgan fingerprint density at radius 3 is 2.76 bits per heavy atom. The van der Waals surface area contributed by atoms with Gasteiger partial charge in [0.2, 0.25) is 0 Å². The lowest BCUT2D eigenvalue weighted by molar-refractivity contribution is -0.384. The van der Waals surface area contributed by atoms with Gasteiger partial charge >= 0.3 is 5.97 Å². The van der Waals surface area contributed by atoms with Crippen LogP contribution in [0.2, 0.25) is 0 Å². The predicted molar refractivity (Wildman–Crippen MR) is 62.5 cm³/mol. The van der Waals surface area contributed by atoms with Crippen molar-refractivity contribution >= 4 is 17.3 Å². The Kier molecular flexibility index (Phi) is 4.21. The van der Waals surface area contributed by atoms with Crippen LogP contribution in [-0.2, 0) is 9.53 Å². The second kappa shape index (κ2) is 5.64. The molecule has 1 aromatic carbocycles. The maximum atomic E-state index is 11.1. The Labute approximate surface area is 98.0 Å². The molecule has 0 aromatic heterocycles. The van der Waals surface area contributed by atoms with Crippen LogP contribution in [-0.4, -0.2) is 17.6 Å². The summed E-state index contributed by atoms with van der Waals surface area (Å²) in [5, 5.41) is 13.3. The lowest BCUT2D eigenvalue weighted by Crippen LogP contribution is -2.13. The van der Waals surface area contributed by atoms with Crippen molar-refractivity contribution in [2.24, 2.45) is 0 Å². The fraction of sp³-hybridized carbons (Fsp3) is 0.182. The molecule has 6 heteroatoms. The van der Waals surface area contributed by atoms with E-state index in [-0.39, 0.29) is 18.0 Å². The summed E-state index contributed by atoms with van der Waals surface area (Å²) in [6.07, 6.45) is 0. The van der Waals surface area contributed by atoms with Gasteiger partial charge in [0.25, 0.3) is 5.69 Å². The van der Waals surface area contributed by atoms with Crippen LogP contribution in [0.3, 0.4) is 0 Å². The molecular weight excluding hydrogens is 224 g/mol. The van der Waals surface area contributed by atoms with Crippen LogP contribution in [0.5, 0.6) is 0 Å². The summed E-state index contributed by atoms with van der Waals surface area (Å²) in [5.41, 5.74) is 0.500. The molecule has 0 spiro atoms. The third-order valence-electron chi connectivity index (χ3n) is 1.92. The van der Waals surface area contributed by atoms with Crippen molar-refractivity contribution in [3.8, 4) is 0 Å². The summed E-state index contributed by atoms with van der Waals surface area (Å²) < 4.78 is 4.77. The molecule has 6 nitrogen and oxygen atoms in total. The van der Waals surface area contributed by atoms with Crippen LogP contribution in [0.25, 0.3) is 0 Å². The number of nitrogens with one attached hydrogen (secondary N) is 1. The van der Waals surface area contributed by atoms with Crippen molar-refractivity contribution in [2.75, 3.05) is 12.0 Å². The number of carbonyl (C=O) groups excluding carboxylic acids is 1. The molecule has 0 aliphatic rings. The molecule has 0 unspecified atom stereocenters. The molecule has 0 heterocycles. The highest BCUT2D eigenvalue weighted by molar-refractivity contribution is 5.87. The zero-order valence-corrected chi connectivity index (χ0v) is 9.30. The van der Waals surface area contributed by atoms with E-state index in [2.05, 4.69) is 11.9 Å². The molecule has 0 fully saturated rings. The molecule has 0 saturated heterocycles. The zero-order valence-electron chi connectivity index (χ0n) is 9.30. The monoisotopic (exact) mass is 236 g/mol. The van der Waals surface area contributed by atoms with E-state index >= 15 is 0 Å². The normalized spacial score (nSPS) is 9.47. The molecule has 0 bridgehead atoms. The van der Waals surface area contributed by atoms with E-state index in [1.807, 2.05) is 0 Å². The van der Waals surface area contributed by atoms with Crippen molar-refractivity contribution in [1.82, 2.24) is 0 Å². The fourth-order valence-corrected chi connectivity index (χ4v) is 1.08. The van der Waals surface area contributed by atoms with Gasteiger partial charge in [-0.2, -0.15) is 0 Å². The highest BCUT2D eigenvalue weighted by Gasteiger charge is 2.12. The number of nitro benzene ring substituents is 1. The van der Waals surface area contributed by atoms with E-state index in [1.54, 1.807) is 12.1 Å². The van der Waals surface area contributed by atoms with Crippen molar-refractivity contribution in [2.45, 2.75) is 6.92 Å². The van der Waals surface area contributed by atoms with Gasteiger partial charge in [0.15, 0.2) is 6.73 Å². The van der Waals surface area contributed by atoms with Gasteiger partial charge in [0.05, 0.1) is 4.92 Å². The van der Waals surface area contributed by atoms with Crippen LogP contribution in [0, 0.1) is 10.1 Å². The summed E-state index contributed by atoms with van der Waals surface area (Å²) in [6, 6.07) is 6.11. The Bertz CT molecular complexity index is 457. The van der Waals surface area contributed by atoms with Crippen molar-refractivity contribution in [3.05, 3.63) is 46.5 Å². The van der Waals surface area contributed by atoms with Gasteiger partial charge in [-0.15, -0.1) is 0 Å². The number of anilines is 1. The Hall–Kier alpha value is -2.37. The average Bonchev–Trinajstić information content (AvgIpc) is 2.29. The smallest absolute Gasteiger partial charge is 0.334 e. The number of nitrogens with zero attached hydrogens (tertiary/aromatic N) is 1. The van der Waals surface area contributed by atoms with E-state index in [0.717, 1.165) is 0 Å². The largest absolute Gasteiger partial charge is 0.441 e. The van der Waals surface area contributed by atoms with Gasteiger partial charge < -0.3 is 10.1 Å². The van der Waals surface area contributed by atoms with Gasteiger partial charge in [-0.1, -0.05) is 18.7 Å². The van der Waals surface area contributed by atoms with Crippen LogP contribution in [0.15, 0.2) is 36.4 Å². The molecule has 1 aromatic rings. The minimum atomic E-state index is -0.545. The lowest BCUT2D eigenvalue weighted by Gasteiger charge is -2.07. The van der Waals surface area contributed by atoms with Crippen LogP contribution < -0.4 is 5.32 Å². The third-order valence-corrected chi connectivity index (χ3v) is 1.92. The van der Waals surface area contributed by atoms with Crippen LogP contribution >= 0.6 is 0 Å². The number of rotatable bonds is 5. The molecule has 90 valence electrons. The number of ether oxygens (including phenoxy) is 1. The van der Waals surface area contributed by atoms with Crippen LogP contribution in [0.1, 0.15) is 6.92 Å². The molecule has 0 radical (unpaired) electrons. The molecule has 0 amide bonds. The average molecular weight is 236 g/mol. The Balaban J connectivity index is 2.61. The Morgan fingerprint density at radius 2 is 2.18 bits per heavy atom. The second-order valence-electron chi connectivity index (χ2n) is 3.31. The summed E-state index contributed by atoms with van der Waals surface area (Å²) in [4.78, 5) is 21.2. The van der Waals surface area contributed by atoms with Crippen molar-refractivity contribution < 1.29 is 14.5 Å². The van der Waals surface area contributed by atoms with Gasteiger partial charge in [-0.05, 0) is 13.0 Å². The first kappa shape index (κ1) is 12.7. The second-order valence-corrected chi connectivity index (χ2v) is 3.31. The SMILES string of the molecule is C=C(C)C(=O)OCNc1ccccc1[N+](=O)[O-].